The summed E-state index contributed by atoms with van der Waals surface area (Å²) in [4.78, 5) is 24.2. The summed E-state index contributed by atoms with van der Waals surface area (Å²) in [5.74, 6) is -1.61. The van der Waals surface area contributed by atoms with Gasteiger partial charge in [0.05, 0.1) is 11.5 Å². The number of carbonyl (C=O) groups excluding carboxylic acids is 2. The molecule has 7 nitrogen and oxygen atoms in total. The maximum Gasteiger partial charge on any atom is 0.375 e. The van der Waals surface area contributed by atoms with Crippen LogP contribution in [0.5, 0.6) is 0 Å². The number of esters is 1. The van der Waals surface area contributed by atoms with E-state index in [-0.39, 0.29) is 23.1 Å². The van der Waals surface area contributed by atoms with Gasteiger partial charge in [0.25, 0.3) is 5.91 Å². The SMILES string of the molecule is C[C@H](OC(=O)c1ccc(-c2ccc(F)cc2)o1)C(=O)N[C@H]1CCS(=O)(=O)C1. The van der Waals surface area contributed by atoms with Crippen molar-refractivity contribution in [1.82, 2.24) is 5.32 Å². The van der Waals surface area contributed by atoms with Crippen LogP contribution in [-0.4, -0.2) is 43.9 Å². The van der Waals surface area contributed by atoms with E-state index in [1.54, 1.807) is 0 Å². The molecular formula is C18H18FNO6S. The lowest BCUT2D eigenvalue weighted by Gasteiger charge is -2.15. The Hall–Kier alpha value is -2.68. The van der Waals surface area contributed by atoms with Crippen LogP contribution in [0.3, 0.4) is 0 Å². The molecule has 1 N–H and O–H groups in total. The van der Waals surface area contributed by atoms with E-state index in [0.29, 0.717) is 17.7 Å². The van der Waals surface area contributed by atoms with E-state index < -0.39 is 33.9 Å². The predicted octanol–water partition coefficient (Wildman–Crippen LogP) is 1.93. The molecule has 2 atom stereocenters. The number of nitrogens with one attached hydrogen (secondary N) is 1. The number of rotatable bonds is 5. The molecule has 1 fully saturated rings. The largest absolute Gasteiger partial charge is 0.449 e. The van der Waals surface area contributed by atoms with Gasteiger partial charge < -0.3 is 14.5 Å². The van der Waals surface area contributed by atoms with E-state index in [0.717, 1.165) is 0 Å². The molecule has 0 bridgehead atoms. The van der Waals surface area contributed by atoms with E-state index in [1.165, 1.54) is 43.3 Å². The predicted molar refractivity (Wildman–Crippen MR) is 94.2 cm³/mol. The fourth-order valence-electron chi connectivity index (χ4n) is 2.72. The number of hydrogen-bond donors (Lipinski definition) is 1. The fourth-order valence-corrected chi connectivity index (χ4v) is 4.39. The van der Waals surface area contributed by atoms with Crippen molar-refractivity contribution in [3.05, 3.63) is 48.0 Å². The van der Waals surface area contributed by atoms with Crippen LogP contribution in [0.1, 0.15) is 23.9 Å². The van der Waals surface area contributed by atoms with Crippen LogP contribution in [0.4, 0.5) is 4.39 Å². The van der Waals surface area contributed by atoms with Gasteiger partial charge in [-0.3, -0.25) is 4.79 Å². The summed E-state index contributed by atoms with van der Waals surface area (Å²) < 4.78 is 46.3. The third kappa shape index (κ3) is 4.73. The number of carbonyl (C=O) groups is 2. The van der Waals surface area contributed by atoms with Crippen molar-refractivity contribution in [3.8, 4) is 11.3 Å². The minimum atomic E-state index is -3.12. The topological polar surface area (TPSA) is 103 Å². The number of sulfone groups is 1. The Morgan fingerprint density at radius 3 is 2.56 bits per heavy atom. The molecule has 1 saturated heterocycles. The maximum atomic E-state index is 13.0. The molecular weight excluding hydrogens is 377 g/mol. The van der Waals surface area contributed by atoms with Gasteiger partial charge in [-0.1, -0.05) is 0 Å². The van der Waals surface area contributed by atoms with Gasteiger partial charge in [0.2, 0.25) is 5.76 Å². The second-order valence-corrected chi connectivity index (χ2v) is 8.56. The van der Waals surface area contributed by atoms with Gasteiger partial charge >= 0.3 is 5.97 Å². The zero-order valence-corrected chi connectivity index (χ0v) is 15.3. The van der Waals surface area contributed by atoms with Crippen molar-refractivity contribution in [1.29, 1.82) is 0 Å². The van der Waals surface area contributed by atoms with Gasteiger partial charge in [0, 0.05) is 11.6 Å². The molecule has 9 heteroatoms. The molecule has 0 aliphatic carbocycles. The van der Waals surface area contributed by atoms with Crippen LogP contribution in [0.25, 0.3) is 11.3 Å². The van der Waals surface area contributed by atoms with Crippen molar-refractivity contribution in [3.63, 3.8) is 0 Å². The number of benzene rings is 1. The molecule has 27 heavy (non-hydrogen) atoms. The molecule has 1 aromatic heterocycles. The maximum absolute atomic E-state index is 13.0. The molecule has 1 aliphatic heterocycles. The van der Waals surface area contributed by atoms with Crippen LogP contribution < -0.4 is 5.32 Å². The van der Waals surface area contributed by atoms with Gasteiger partial charge in [-0.2, -0.15) is 0 Å². The molecule has 0 radical (unpaired) electrons. The Kier molecular flexibility index (Phi) is 5.31. The normalized spacial score (nSPS) is 19.4. The monoisotopic (exact) mass is 395 g/mol. The van der Waals surface area contributed by atoms with E-state index in [1.807, 2.05) is 0 Å². The van der Waals surface area contributed by atoms with Crippen LogP contribution >= 0.6 is 0 Å². The summed E-state index contributed by atoms with van der Waals surface area (Å²) in [5.41, 5.74) is 0.587. The van der Waals surface area contributed by atoms with E-state index in [2.05, 4.69) is 5.32 Å². The quantitative estimate of drug-likeness (QED) is 0.776. The highest BCUT2D eigenvalue weighted by Crippen LogP contribution is 2.23. The van der Waals surface area contributed by atoms with Crippen LogP contribution in [-0.2, 0) is 19.4 Å². The highest BCUT2D eigenvalue weighted by molar-refractivity contribution is 7.91. The third-order valence-electron chi connectivity index (χ3n) is 4.17. The molecule has 0 spiro atoms. The Morgan fingerprint density at radius 2 is 1.93 bits per heavy atom. The highest BCUT2D eigenvalue weighted by Gasteiger charge is 2.31. The second-order valence-electron chi connectivity index (χ2n) is 6.33. The zero-order valence-electron chi connectivity index (χ0n) is 14.5. The van der Waals surface area contributed by atoms with E-state index in [4.69, 9.17) is 9.15 Å². The lowest BCUT2D eigenvalue weighted by molar-refractivity contribution is -0.129. The molecule has 1 aliphatic rings. The first-order chi connectivity index (χ1) is 12.7. The minimum absolute atomic E-state index is 0.0324. The average molecular weight is 395 g/mol. The smallest absolute Gasteiger partial charge is 0.375 e. The summed E-state index contributed by atoms with van der Waals surface area (Å²) in [5, 5.41) is 2.57. The summed E-state index contributed by atoms with van der Waals surface area (Å²) >= 11 is 0. The van der Waals surface area contributed by atoms with Crippen LogP contribution in [0, 0.1) is 5.82 Å². The Bertz CT molecular complexity index is 950. The zero-order chi connectivity index (χ0) is 19.6. The second kappa shape index (κ2) is 7.51. The molecule has 144 valence electrons. The van der Waals surface area contributed by atoms with Crippen LogP contribution in [0.2, 0.25) is 0 Å². The van der Waals surface area contributed by atoms with E-state index >= 15 is 0 Å². The summed E-state index contributed by atoms with van der Waals surface area (Å²) in [6, 6.07) is 8.02. The van der Waals surface area contributed by atoms with Crippen molar-refractivity contribution in [2.75, 3.05) is 11.5 Å². The minimum Gasteiger partial charge on any atom is -0.449 e. The summed E-state index contributed by atoms with van der Waals surface area (Å²) in [6.07, 6.45) is -0.770. The first kappa shape index (κ1) is 19.1. The van der Waals surface area contributed by atoms with Gasteiger partial charge in [0.15, 0.2) is 15.9 Å². The van der Waals surface area contributed by atoms with Gasteiger partial charge in [-0.05, 0) is 49.7 Å². The van der Waals surface area contributed by atoms with Gasteiger partial charge in [-0.25, -0.2) is 17.6 Å². The Morgan fingerprint density at radius 1 is 1.22 bits per heavy atom. The number of halogens is 1. The standard InChI is InChI=1S/C18H18FNO6S/c1-11(17(21)20-14-8-9-27(23,24)10-14)25-18(22)16-7-6-15(26-16)12-2-4-13(19)5-3-12/h2-7,11,14H,8-10H2,1H3,(H,20,21)/t11-,14-/m0/s1. The number of furan rings is 1. The molecule has 0 saturated carbocycles. The average Bonchev–Trinajstić information content (AvgIpc) is 3.22. The number of amides is 1. The third-order valence-corrected chi connectivity index (χ3v) is 5.94. The molecule has 1 amide bonds. The van der Waals surface area contributed by atoms with Gasteiger partial charge in [0.1, 0.15) is 11.6 Å². The summed E-state index contributed by atoms with van der Waals surface area (Å²) in [6.45, 7) is 1.39. The molecule has 3 rings (SSSR count). The van der Waals surface area contributed by atoms with Crippen molar-refractivity contribution < 1.29 is 31.6 Å². The molecule has 1 aromatic carbocycles. The number of hydrogen-bond acceptors (Lipinski definition) is 6. The first-order valence-electron chi connectivity index (χ1n) is 8.31. The number of ether oxygens (including phenoxy) is 1. The highest BCUT2D eigenvalue weighted by atomic mass is 32.2. The van der Waals surface area contributed by atoms with Crippen LogP contribution in [0.15, 0.2) is 40.8 Å². The van der Waals surface area contributed by atoms with Crippen molar-refractivity contribution in [2.45, 2.75) is 25.5 Å². The first-order valence-corrected chi connectivity index (χ1v) is 10.1. The molecule has 2 heterocycles. The lowest BCUT2D eigenvalue weighted by Crippen LogP contribution is -2.42. The molecule has 2 aromatic rings. The molecule has 0 unspecified atom stereocenters. The Balaban J connectivity index is 1.58. The van der Waals surface area contributed by atoms with Gasteiger partial charge in [-0.15, -0.1) is 0 Å². The Labute approximate surface area is 155 Å². The lowest BCUT2D eigenvalue weighted by atomic mass is 10.2. The fraction of sp³-hybridized carbons (Fsp3) is 0.333. The summed E-state index contributed by atoms with van der Waals surface area (Å²) in [7, 11) is -3.12. The van der Waals surface area contributed by atoms with E-state index in [9.17, 15) is 22.4 Å². The van der Waals surface area contributed by atoms with Crippen molar-refractivity contribution >= 4 is 21.7 Å². The van der Waals surface area contributed by atoms with Crippen molar-refractivity contribution in [2.24, 2.45) is 0 Å².